The Hall–Kier alpha value is -2.99. The van der Waals surface area contributed by atoms with E-state index in [0.717, 1.165) is 21.7 Å². The average molecular weight is 380 g/mol. The summed E-state index contributed by atoms with van der Waals surface area (Å²) in [5.74, 6) is -0.950. The zero-order valence-corrected chi connectivity index (χ0v) is 16.0. The Morgan fingerprint density at radius 3 is 2.52 bits per heavy atom. The van der Waals surface area contributed by atoms with Crippen LogP contribution in [0.2, 0.25) is 0 Å². The highest BCUT2D eigenvalue weighted by atomic mass is 32.1. The Morgan fingerprint density at radius 2 is 1.81 bits per heavy atom. The van der Waals surface area contributed by atoms with Crippen molar-refractivity contribution in [2.45, 2.75) is 26.5 Å². The Bertz CT molecular complexity index is 920. The minimum atomic E-state index is -0.898. The van der Waals surface area contributed by atoms with Crippen LogP contribution in [0.3, 0.4) is 0 Å². The molecule has 1 amide bonds. The average Bonchev–Trinajstić information content (AvgIpc) is 3.18. The van der Waals surface area contributed by atoms with Crippen molar-refractivity contribution in [1.82, 2.24) is 10.3 Å². The fourth-order valence-corrected chi connectivity index (χ4v) is 3.19. The van der Waals surface area contributed by atoms with E-state index < -0.39 is 12.1 Å². The number of nitrogens with zero attached hydrogens (tertiary/aromatic N) is 1. The van der Waals surface area contributed by atoms with E-state index in [1.54, 1.807) is 12.3 Å². The molecular formula is C21H20N2O3S. The van der Waals surface area contributed by atoms with E-state index in [1.165, 1.54) is 11.3 Å². The third kappa shape index (κ3) is 5.01. The van der Waals surface area contributed by atoms with Crippen LogP contribution in [0, 0.1) is 6.92 Å². The summed E-state index contributed by atoms with van der Waals surface area (Å²) in [6, 6.07) is 17.5. The van der Waals surface area contributed by atoms with Gasteiger partial charge in [-0.15, -0.1) is 11.3 Å². The van der Waals surface area contributed by atoms with Crippen LogP contribution in [0.25, 0.3) is 10.6 Å². The lowest BCUT2D eigenvalue weighted by molar-refractivity contribution is -0.129. The summed E-state index contributed by atoms with van der Waals surface area (Å²) in [5, 5.41) is 5.15. The third-order valence-corrected chi connectivity index (χ3v) is 4.87. The minimum absolute atomic E-state index is 0.206. The number of carbonyl (C=O) groups excluding carboxylic acids is 2. The zero-order valence-electron chi connectivity index (χ0n) is 15.1. The lowest BCUT2D eigenvalue weighted by atomic mass is 10.1. The topological polar surface area (TPSA) is 68.3 Å². The summed E-state index contributed by atoms with van der Waals surface area (Å²) in [7, 11) is 0. The van der Waals surface area contributed by atoms with Gasteiger partial charge in [0.2, 0.25) is 0 Å². The molecule has 0 aliphatic heterocycles. The van der Waals surface area contributed by atoms with E-state index in [4.69, 9.17) is 4.74 Å². The molecule has 0 spiro atoms. The molecule has 1 heterocycles. The summed E-state index contributed by atoms with van der Waals surface area (Å²) in [4.78, 5) is 28.7. The number of amides is 1. The van der Waals surface area contributed by atoms with Gasteiger partial charge in [-0.1, -0.05) is 60.2 Å². The molecule has 0 aliphatic rings. The largest absolute Gasteiger partial charge is 0.448 e. The summed E-state index contributed by atoms with van der Waals surface area (Å²) in [6.45, 7) is 3.94. The van der Waals surface area contributed by atoms with Gasteiger partial charge < -0.3 is 10.1 Å². The Balaban J connectivity index is 1.54. The van der Waals surface area contributed by atoms with Gasteiger partial charge in [0.25, 0.3) is 5.91 Å². The van der Waals surface area contributed by atoms with Gasteiger partial charge in [-0.05, 0) is 19.4 Å². The molecule has 0 aliphatic carbocycles. The zero-order chi connectivity index (χ0) is 19.2. The molecule has 0 radical (unpaired) electrons. The molecule has 0 bridgehead atoms. The number of nitrogens with one attached hydrogen (secondary N) is 1. The van der Waals surface area contributed by atoms with E-state index in [1.807, 2.05) is 61.5 Å². The molecule has 0 unspecified atom stereocenters. The second kappa shape index (κ2) is 8.60. The molecule has 1 atom stereocenters. The summed E-state index contributed by atoms with van der Waals surface area (Å²) < 4.78 is 5.25. The van der Waals surface area contributed by atoms with Crippen molar-refractivity contribution in [2.24, 2.45) is 0 Å². The number of carbonyl (C=O) groups is 2. The van der Waals surface area contributed by atoms with E-state index >= 15 is 0 Å². The first kappa shape index (κ1) is 18.8. The number of rotatable bonds is 6. The Morgan fingerprint density at radius 1 is 1.11 bits per heavy atom. The standard InChI is InChI=1S/C21H20N2O3S/c1-14-8-10-16(11-9-14)12-22-19(24)15(2)26-21(25)18-13-27-20(23-18)17-6-4-3-5-7-17/h3-11,13,15H,12H2,1-2H3,(H,22,24)/t15-/m1/s1. The van der Waals surface area contributed by atoms with E-state index in [2.05, 4.69) is 10.3 Å². The van der Waals surface area contributed by atoms with E-state index in [9.17, 15) is 9.59 Å². The molecule has 1 aromatic heterocycles. The van der Waals surface area contributed by atoms with Crippen molar-refractivity contribution in [3.63, 3.8) is 0 Å². The smallest absolute Gasteiger partial charge is 0.358 e. The van der Waals surface area contributed by atoms with Gasteiger partial charge in [0.1, 0.15) is 5.01 Å². The number of esters is 1. The Labute approximate surface area is 162 Å². The third-order valence-electron chi connectivity index (χ3n) is 3.97. The molecule has 0 fully saturated rings. The van der Waals surface area contributed by atoms with E-state index in [-0.39, 0.29) is 11.6 Å². The Kier molecular flexibility index (Phi) is 5.98. The monoisotopic (exact) mass is 380 g/mol. The summed E-state index contributed by atoms with van der Waals surface area (Å²) in [6.07, 6.45) is -0.898. The second-order valence-electron chi connectivity index (χ2n) is 6.15. The fourth-order valence-electron chi connectivity index (χ4n) is 2.39. The van der Waals surface area contributed by atoms with Crippen molar-refractivity contribution in [3.05, 3.63) is 76.8 Å². The van der Waals surface area contributed by atoms with Gasteiger partial charge in [0.05, 0.1) is 0 Å². The predicted octanol–water partition coefficient (Wildman–Crippen LogP) is 3.98. The van der Waals surface area contributed by atoms with Crippen LogP contribution < -0.4 is 5.32 Å². The number of hydrogen-bond donors (Lipinski definition) is 1. The summed E-state index contributed by atoms with van der Waals surface area (Å²) >= 11 is 1.36. The van der Waals surface area contributed by atoms with Crippen molar-refractivity contribution >= 4 is 23.2 Å². The molecule has 3 rings (SSSR count). The van der Waals surface area contributed by atoms with Crippen LogP contribution in [0.5, 0.6) is 0 Å². The minimum Gasteiger partial charge on any atom is -0.448 e. The van der Waals surface area contributed by atoms with Crippen LogP contribution in [-0.4, -0.2) is 23.0 Å². The van der Waals surface area contributed by atoms with Crippen LogP contribution in [0.15, 0.2) is 60.0 Å². The molecule has 27 heavy (non-hydrogen) atoms. The number of benzene rings is 2. The highest BCUT2D eigenvalue weighted by Gasteiger charge is 2.20. The molecule has 6 heteroatoms. The van der Waals surface area contributed by atoms with Gasteiger partial charge in [0.15, 0.2) is 11.8 Å². The number of ether oxygens (including phenoxy) is 1. The molecular weight excluding hydrogens is 360 g/mol. The maximum absolute atomic E-state index is 12.3. The number of aromatic nitrogens is 1. The molecule has 2 aromatic carbocycles. The lowest BCUT2D eigenvalue weighted by Gasteiger charge is -2.13. The van der Waals surface area contributed by atoms with Gasteiger partial charge in [-0.25, -0.2) is 9.78 Å². The van der Waals surface area contributed by atoms with Gasteiger partial charge in [-0.3, -0.25) is 4.79 Å². The fraction of sp³-hybridized carbons (Fsp3) is 0.190. The quantitative estimate of drug-likeness (QED) is 0.657. The lowest BCUT2D eigenvalue weighted by Crippen LogP contribution is -2.35. The molecule has 3 aromatic rings. The molecule has 5 nitrogen and oxygen atoms in total. The van der Waals surface area contributed by atoms with Crippen molar-refractivity contribution in [2.75, 3.05) is 0 Å². The first-order valence-corrected chi connectivity index (χ1v) is 9.46. The highest BCUT2D eigenvalue weighted by molar-refractivity contribution is 7.13. The molecule has 138 valence electrons. The van der Waals surface area contributed by atoms with Gasteiger partial charge in [0, 0.05) is 17.5 Å². The molecule has 1 N–H and O–H groups in total. The normalized spacial score (nSPS) is 11.6. The predicted molar refractivity (Wildman–Crippen MR) is 105 cm³/mol. The maximum Gasteiger partial charge on any atom is 0.358 e. The van der Waals surface area contributed by atoms with Gasteiger partial charge in [-0.2, -0.15) is 0 Å². The molecule has 0 saturated heterocycles. The number of aryl methyl sites for hydroxylation is 1. The molecule has 0 saturated carbocycles. The van der Waals surface area contributed by atoms with Crippen LogP contribution >= 0.6 is 11.3 Å². The van der Waals surface area contributed by atoms with Crippen molar-refractivity contribution in [1.29, 1.82) is 0 Å². The van der Waals surface area contributed by atoms with Gasteiger partial charge >= 0.3 is 5.97 Å². The first-order valence-electron chi connectivity index (χ1n) is 8.58. The number of thiazole rings is 1. The summed E-state index contributed by atoms with van der Waals surface area (Å²) in [5.41, 5.74) is 3.28. The van der Waals surface area contributed by atoms with Crippen molar-refractivity contribution in [3.8, 4) is 10.6 Å². The van der Waals surface area contributed by atoms with Crippen LogP contribution in [0.1, 0.15) is 28.5 Å². The second-order valence-corrected chi connectivity index (χ2v) is 7.01. The highest BCUT2D eigenvalue weighted by Crippen LogP contribution is 2.23. The van der Waals surface area contributed by atoms with E-state index in [0.29, 0.717) is 6.54 Å². The maximum atomic E-state index is 12.3. The van der Waals surface area contributed by atoms with Crippen LogP contribution in [0.4, 0.5) is 0 Å². The number of hydrogen-bond acceptors (Lipinski definition) is 5. The first-order chi connectivity index (χ1) is 13.0. The van der Waals surface area contributed by atoms with Crippen LogP contribution in [-0.2, 0) is 16.1 Å². The SMILES string of the molecule is Cc1ccc(CNC(=O)[C@@H](C)OC(=O)c2csc(-c3ccccc3)n2)cc1. The van der Waals surface area contributed by atoms with Crippen molar-refractivity contribution < 1.29 is 14.3 Å².